The number of benzene rings is 2. The number of hydrogen-bond acceptors (Lipinski definition) is 4. The molecule has 0 aliphatic carbocycles. The van der Waals surface area contributed by atoms with E-state index in [0.717, 1.165) is 11.0 Å². The summed E-state index contributed by atoms with van der Waals surface area (Å²) in [5.41, 5.74) is 1.70. The van der Waals surface area contributed by atoms with Crippen molar-refractivity contribution in [2.24, 2.45) is 0 Å². The van der Waals surface area contributed by atoms with Crippen LogP contribution < -0.4 is 4.31 Å². The van der Waals surface area contributed by atoms with E-state index in [9.17, 15) is 13.2 Å². The number of carbonyl (C=O) groups excluding carboxylic acids is 1. The first-order chi connectivity index (χ1) is 11.0. The summed E-state index contributed by atoms with van der Waals surface area (Å²) < 4.78 is 30.4. The summed E-state index contributed by atoms with van der Waals surface area (Å²) in [5.74, 6) is -0.435. The van der Waals surface area contributed by atoms with Crippen LogP contribution >= 0.6 is 0 Å². The molecule has 0 aliphatic rings. The van der Waals surface area contributed by atoms with Crippen LogP contribution in [0.25, 0.3) is 0 Å². The van der Waals surface area contributed by atoms with Crippen LogP contribution in [0.3, 0.4) is 0 Å². The van der Waals surface area contributed by atoms with Crippen molar-refractivity contribution >= 4 is 21.7 Å². The van der Waals surface area contributed by atoms with Gasteiger partial charge >= 0.3 is 5.97 Å². The normalized spacial score (nSPS) is 10.8. The molecule has 0 bridgehead atoms. The highest BCUT2D eigenvalue weighted by atomic mass is 32.2. The number of para-hydroxylation sites is 1. The highest BCUT2D eigenvalue weighted by molar-refractivity contribution is 7.95. The Hall–Kier alpha value is -2.60. The Morgan fingerprint density at radius 2 is 1.74 bits per heavy atom. The molecule has 6 heteroatoms. The van der Waals surface area contributed by atoms with Gasteiger partial charge in [0.2, 0.25) is 0 Å². The second-order valence-corrected chi connectivity index (χ2v) is 6.55. The molecule has 0 atom stereocenters. The summed E-state index contributed by atoms with van der Waals surface area (Å²) in [6.07, 6.45) is 0. The summed E-state index contributed by atoms with van der Waals surface area (Å²) in [6.45, 7) is 3.52. The minimum absolute atomic E-state index is 0.139. The maximum atomic E-state index is 12.3. The number of rotatable bonds is 6. The van der Waals surface area contributed by atoms with Crippen LogP contribution in [0.2, 0.25) is 0 Å². The summed E-state index contributed by atoms with van der Waals surface area (Å²) >= 11 is 0. The highest BCUT2D eigenvalue weighted by Gasteiger charge is 2.19. The molecule has 0 saturated carbocycles. The van der Waals surface area contributed by atoms with Crippen molar-refractivity contribution in [3.8, 4) is 0 Å². The van der Waals surface area contributed by atoms with Crippen LogP contribution in [-0.4, -0.2) is 21.5 Å². The monoisotopic (exact) mass is 331 g/mol. The number of nitrogens with zero attached hydrogens (tertiary/aromatic N) is 1. The Morgan fingerprint density at radius 1 is 1.13 bits per heavy atom. The van der Waals surface area contributed by atoms with Gasteiger partial charge in [-0.05, 0) is 29.8 Å². The predicted molar refractivity (Wildman–Crippen MR) is 89.5 cm³/mol. The third kappa shape index (κ3) is 3.98. The van der Waals surface area contributed by atoms with Crippen molar-refractivity contribution in [3.63, 3.8) is 0 Å². The fourth-order valence-corrected chi connectivity index (χ4v) is 2.97. The number of methoxy groups -OCH3 is 1. The molecule has 2 rings (SSSR count). The molecular weight excluding hydrogens is 314 g/mol. The highest BCUT2D eigenvalue weighted by Crippen LogP contribution is 2.21. The number of hydrogen-bond donors (Lipinski definition) is 0. The zero-order valence-corrected chi connectivity index (χ0v) is 13.5. The molecule has 0 fully saturated rings. The van der Waals surface area contributed by atoms with E-state index >= 15 is 0 Å². The molecule has 0 amide bonds. The van der Waals surface area contributed by atoms with Gasteiger partial charge in [-0.3, -0.25) is 4.31 Å². The van der Waals surface area contributed by atoms with Crippen LogP contribution in [0.5, 0.6) is 0 Å². The minimum Gasteiger partial charge on any atom is -0.465 e. The Balaban J connectivity index is 2.32. The molecule has 0 saturated heterocycles. The molecule has 5 nitrogen and oxygen atoms in total. The van der Waals surface area contributed by atoms with E-state index in [1.165, 1.54) is 11.4 Å². The van der Waals surface area contributed by atoms with Crippen molar-refractivity contribution in [2.75, 3.05) is 11.4 Å². The maximum Gasteiger partial charge on any atom is 0.337 e. The van der Waals surface area contributed by atoms with E-state index in [4.69, 9.17) is 0 Å². The lowest BCUT2D eigenvalue weighted by Gasteiger charge is -2.22. The van der Waals surface area contributed by atoms with Gasteiger partial charge in [0.1, 0.15) is 0 Å². The second kappa shape index (κ2) is 7.11. The number of sulfonamides is 1. The van der Waals surface area contributed by atoms with E-state index in [1.807, 2.05) is 6.07 Å². The van der Waals surface area contributed by atoms with Crippen molar-refractivity contribution in [3.05, 3.63) is 77.7 Å². The first kappa shape index (κ1) is 16.8. The molecule has 0 aliphatic heterocycles. The van der Waals surface area contributed by atoms with E-state index in [2.05, 4.69) is 11.3 Å². The quantitative estimate of drug-likeness (QED) is 0.764. The average Bonchev–Trinajstić information content (AvgIpc) is 2.60. The second-order valence-electron chi connectivity index (χ2n) is 4.74. The van der Waals surface area contributed by atoms with E-state index in [-0.39, 0.29) is 6.54 Å². The van der Waals surface area contributed by atoms with Gasteiger partial charge in [0.15, 0.2) is 0 Å². The molecule has 0 radical (unpaired) electrons. The van der Waals surface area contributed by atoms with Gasteiger partial charge in [0, 0.05) is 5.41 Å². The van der Waals surface area contributed by atoms with Gasteiger partial charge in [-0.15, -0.1) is 0 Å². The van der Waals surface area contributed by atoms with Gasteiger partial charge in [0.05, 0.1) is 24.9 Å². The SMILES string of the molecule is C=CS(=O)(=O)N(Cc1ccc(C(=O)OC)cc1)c1ccccc1. The van der Waals surface area contributed by atoms with Crippen LogP contribution in [0, 0.1) is 0 Å². The molecule has 2 aromatic rings. The van der Waals surface area contributed by atoms with Crippen LogP contribution in [-0.2, 0) is 21.3 Å². The zero-order valence-electron chi connectivity index (χ0n) is 12.7. The maximum absolute atomic E-state index is 12.3. The number of ether oxygens (including phenoxy) is 1. The third-order valence-electron chi connectivity index (χ3n) is 3.26. The van der Waals surface area contributed by atoms with Gasteiger partial charge in [-0.1, -0.05) is 36.9 Å². The molecular formula is C17H17NO4S. The standard InChI is InChI=1S/C17H17NO4S/c1-3-23(20,21)18(16-7-5-4-6-8-16)13-14-9-11-15(12-10-14)17(19)22-2/h3-12H,1,13H2,2H3. The Bertz CT molecular complexity index is 783. The molecule has 0 N–H and O–H groups in total. The van der Waals surface area contributed by atoms with Gasteiger partial charge in [-0.2, -0.15) is 0 Å². The first-order valence-corrected chi connectivity index (χ1v) is 8.36. The zero-order chi connectivity index (χ0) is 16.9. The summed E-state index contributed by atoms with van der Waals surface area (Å²) in [5, 5.41) is 0.919. The largest absolute Gasteiger partial charge is 0.465 e. The fraction of sp³-hybridized carbons (Fsp3) is 0.118. The molecule has 120 valence electrons. The van der Waals surface area contributed by atoms with Crippen molar-refractivity contribution in [1.82, 2.24) is 0 Å². The predicted octanol–water partition coefficient (Wildman–Crippen LogP) is 2.95. The molecule has 0 heterocycles. The van der Waals surface area contributed by atoms with Gasteiger partial charge in [0.25, 0.3) is 10.0 Å². The number of anilines is 1. The molecule has 2 aromatic carbocycles. The Labute approximate surface area is 135 Å². The van der Waals surface area contributed by atoms with Crippen molar-refractivity contribution < 1.29 is 17.9 Å². The summed E-state index contributed by atoms with van der Waals surface area (Å²) in [7, 11) is -2.33. The smallest absolute Gasteiger partial charge is 0.337 e. The van der Waals surface area contributed by atoms with E-state index < -0.39 is 16.0 Å². The van der Waals surface area contributed by atoms with Gasteiger partial charge < -0.3 is 4.74 Å². The van der Waals surface area contributed by atoms with Crippen molar-refractivity contribution in [2.45, 2.75) is 6.54 Å². The van der Waals surface area contributed by atoms with Crippen molar-refractivity contribution in [1.29, 1.82) is 0 Å². The third-order valence-corrected chi connectivity index (χ3v) is 4.64. The molecule has 23 heavy (non-hydrogen) atoms. The van der Waals surface area contributed by atoms with Crippen LogP contribution in [0.1, 0.15) is 15.9 Å². The minimum atomic E-state index is -3.64. The fourth-order valence-electron chi connectivity index (χ4n) is 2.04. The van der Waals surface area contributed by atoms with E-state index in [0.29, 0.717) is 11.3 Å². The summed E-state index contributed by atoms with van der Waals surface area (Å²) in [4.78, 5) is 11.4. The van der Waals surface area contributed by atoms with Crippen LogP contribution in [0.4, 0.5) is 5.69 Å². The lowest BCUT2D eigenvalue weighted by atomic mass is 10.1. The lowest BCUT2D eigenvalue weighted by Crippen LogP contribution is -2.28. The first-order valence-electron chi connectivity index (χ1n) is 6.85. The molecule has 0 unspecified atom stereocenters. The Kier molecular flexibility index (Phi) is 5.18. The molecule has 0 spiro atoms. The van der Waals surface area contributed by atoms with Gasteiger partial charge in [-0.25, -0.2) is 13.2 Å². The summed E-state index contributed by atoms with van der Waals surface area (Å²) in [6, 6.07) is 15.4. The van der Waals surface area contributed by atoms with Crippen LogP contribution in [0.15, 0.2) is 66.6 Å². The number of carbonyl (C=O) groups is 1. The topological polar surface area (TPSA) is 63.7 Å². The lowest BCUT2D eigenvalue weighted by molar-refractivity contribution is 0.0600. The average molecular weight is 331 g/mol. The molecule has 0 aromatic heterocycles. The number of esters is 1. The van der Waals surface area contributed by atoms with E-state index in [1.54, 1.807) is 48.5 Å². The Morgan fingerprint density at radius 3 is 2.26 bits per heavy atom.